The van der Waals surface area contributed by atoms with Crippen LogP contribution >= 0.6 is 17.9 Å². The van der Waals surface area contributed by atoms with Gasteiger partial charge < -0.3 is 0 Å². The van der Waals surface area contributed by atoms with Crippen LogP contribution in [0.1, 0.15) is 13.8 Å². The van der Waals surface area contributed by atoms with E-state index >= 15 is 0 Å². The Kier molecular flexibility index (Phi) is 4.18. The summed E-state index contributed by atoms with van der Waals surface area (Å²) in [6.07, 6.45) is 0. The minimum atomic E-state index is -2.85. The molecule has 1 atom stereocenters. The van der Waals surface area contributed by atoms with Gasteiger partial charge in [0.05, 0.1) is 0 Å². The summed E-state index contributed by atoms with van der Waals surface area (Å²) in [5.74, 6) is 0. The number of benzene rings is 1. The van der Waals surface area contributed by atoms with E-state index in [0.717, 1.165) is 0 Å². The molecular weight excluding hydrogens is 217 g/mol. The summed E-state index contributed by atoms with van der Waals surface area (Å²) in [6, 6.07) is 9.22. The molecule has 0 aliphatic heterocycles. The topological polar surface area (TPSA) is 20.3 Å². The zero-order chi connectivity index (χ0) is 10.6. The molecule has 0 heterocycles. The first-order chi connectivity index (χ1) is 6.62. The molecule has 1 unspecified atom stereocenters. The Morgan fingerprint density at radius 2 is 1.71 bits per heavy atom. The van der Waals surface area contributed by atoms with Crippen LogP contribution in [0.3, 0.4) is 0 Å². The van der Waals surface area contributed by atoms with Crippen LogP contribution < -0.4 is 5.30 Å². The molecule has 1 aromatic rings. The molecule has 0 spiro atoms. The molecule has 1 aromatic carbocycles. The summed E-state index contributed by atoms with van der Waals surface area (Å²) in [5.41, 5.74) is 0. The second-order valence-electron chi connectivity index (χ2n) is 2.98. The predicted molar refractivity (Wildman–Crippen MR) is 62.5 cm³/mol. The second-order valence-corrected chi connectivity index (χ2v) is 6.44. The van der Waals surface area contributed by atoms with Crippen molar-refractivity contribution < 1.29 is 4.57 Å². The van der Waals surface area contributed by atoms with Gasteiger partial charge in [0, 0.05) is 18.4 Å². The minimum Gasteiger partial charge on any atom is -0.284 e. The Morgan fingerprint density at radius 1 is 1.21 bits per heavy atom. The van der Waals surface area contributed by atoms with Crippen LogP contribution in [-0.4, -0.2) is 17.8 Å². The van der Waals surface area contributed by atoms with Gasteiger partial charge in [-0.05, 0) is 23.4 Å². The van der Waals surface area contributed by atoms with Crippen LogP contribution in [0.4, 0.5) is 0 Å². The standard InChI is InChI=1S/C10H15ClNOP/c1-3-12(4-2)14(11,13)10-8-6-5-7-9-10/h5-9H,3-4H2,1-2H3. The van der Waals surface area contributed by atoms with Crippen molar-refractivity contribution in [1.29, 1.82) is 0 Å². The van der Waals surface area contributed by atoms with Crippen molar-refractivity contribution in [1.82, 2.24) is 4.67 Å². The van der Waals surface area contributed by atoms with Gasteiger partial charge in [0.1, 0.15) is 0 Å². The summed E-state index contributed by atoms with van der Waals surface area (Å²) >= 11 is 6.11. The third-order valence-corrected chi connectivity index (χ3v) is 5.62. The summed E-state index contributed by atoms with van der Waals surface area (Å²) in [5, 5.41) is 0.713. The normalized spacial score (nSPS) is 15.4. The van der Waals surface area contributed by atoms with Gasteiger partial charge in [0.25, 0.3) is 6.65 Å². The van der Waals surface area contributed by atoms with Crippen molar-refractivity contribution in [3.05, 3.63) is 30.3 Å². The Hall–Kier alpha value is -0.300. The van der Waals surface area contributed by atoms with Crippen LogP contribution in [0.15, 0.2) is 30.3 Å². The Morgan fingerprint density at radius 3 is 2.14 bits per heavy atom. The molecule has 0 aromatic heterocycles. The number of rotatable bonds is 4. The first kappa shape index (κ1) is 11.8. The monoisotopic (exact) mass is 231 g/mol. The molecule has 0 saturated heterocycles. The maximum absolute atomic E-state index is 12.3. The lowest BCUT2D eigenvalue weighted by Crippen LogP contribution is -2.22. The highest BCUT2D eigenvalue weighted by atomic mass is 35.7. The van der Waals surface area contributed by atoms with Gasteiger partial charge in [-0.2, -0.15) is 0 Å². The first-order valence-corrected chi connectivity index (χ1v) is 7.30. The predicted octanol–water partition coefficient (Wildman–Crippen LogP) is 3.09. The van der Waals surface area contributed by atoms with Gasteiger partial charge in [-0.1, -0.05) is 32.0 Å². The fourth-order valence-corrected chi connectivity index (χ4v) is 3.94. The van der Waals surface area contributed by atoms with Crippen LogP contribution in [-0.2, 0) is 4.57 Å². The smallest absolute Gasteiger partial charge is 0.263 e. The number of nitrogens with zero attached hydrogens (tertiary/aromatic N) is 1. The van der Waals surface area contributed by atoms with Crippen molar-refractivity contribution in [3.8, 4) is 0 Å². The van der Waals surface area contributed by atoms with E-state index in [1.54, 1.807) is 4.67 Å². The SMILES string of the molecule is CCN(CC)P(=O)(Cl)c1ccccc1. The molecular formula is C10H15ClNOP. The first-order valence-electron chi connectivity index (χ1n) is 4.73. The number of halogens is 1. The lowest BCUT2D eigenvalue weighted by molar-refractivity contribution is 0.462. The van der Waals surface area contributed by atoms with Gasteiger partial charge >= 0.3 is 0 Å². The maximum atomic E-state index is 12.3. The van der Waals surface area contributed by atoms with E-state index in [1.807, 2.05) is 44.2 Å². The van der Waals surface area contributed by atoms with Crippen LogP contribution in [0.2, 0.25) is 0 Å². The average Bonchev–Trinajstić information content (AvgIpc) is 2.20. The summed E-state index contributed by atoms with van der Waals surface area (Å²) in [4.78, 5) is 0. The van der Waals surface area contributed by atoms with Gasteiger partial charge in [-0.15, -0.1) is 0 Å². The van der Waals surface area contributed by atoms with Crippen LogP contribution in [0, 0.1) is 0 Å². The van der Waals surface area contributed by atoms with Gasteiger partial charge in [-0.25, -0.2) is 4.67 Å². The molecule has 0 amide bonds. The molecule has 0 bridgehead atoms. The van der Waals surface area contributed by atoms with Gasteiger partial charge in [0.15, 0.2) is 0 Å². The summed E-state index contributed by atoms with van der Waals surface area (Å²) in [6.45, 7) is 2.47. The lowest BCUT2D eigenvalue weighted by atomic mass is 10.4. The fraction of sp³-hybridized carbons (Fsp3) is 0.400. The molecule has 0 aliphatic carbocycles. The summed E-state index contributed by atoms with van der Waals surface area (Å²) < 4.78 is 14.1. The van der Waals surface area contributed by atoms with Crippen molar-refractivity contribution in [2.75, 3.05) is 13.1 Å². The third kappa shape index (κ3) is 2.38. The molecule has 0 saturated carbocycles. The number of hydrogen-bond acceptors (Lipinski definition) is 1. The lowest BCUT2D eigenvalue weighted by Gasteiger charge is -2.24. The van der Waals surface area contributed by atoms with Crippen molar-refractivity contribution in [2.45, 2.75) is 13.8 Å². The largest absolute Gasteiger partial charge is 0.284 e. The van der Waals surface area contributed by atoms with Gasteiger partial charge in [-0.3, -0.25) is 4.57 Å². The van der Waals surface area contributed by atoms with E-state index in [9.17, 15) is 4.57 Å². The zero-order valence-corrected chi connectivity index (χ0v) is 10.1. The molecule has 14 heavy (non-hydrogen) atoms. The second kappa shape index (κ2) is 4.97. The van der Waals surface area contributed by atoms with E-state index in [-0.39, 0.29) is 0 Å². The highest BCUT2D eigenvalue weighted by molar-refractivity contribution is 7.93. The van der Waals surface area contributed by atoms with E-state index in [4.69, 9.17) is 11.2 Å². The van der Waals surface area contributed by atoms with Crippen molar-refractivity contribution in [3.63, 3.8) is 0 Å². The van der Waals surface area contributed by atoms with Crippen molar-refractivity contribution in [2.24, 2.45) is 0 Å². The molecule has 0 fully saturated rings. The molecule has 4 heteroatoms. The maximum Gasteiger partial charge on any atom is 0.263 e. The zero-order valence-electron chi connectivity index (χ0n) is 8.48. The molecule has 0 N–H and O–H groups in total. The fourth-order valence-electron chi connectivity index (χ4n) is 1.36. The van der Waals surface area contributed by atoms with E-state index < -0.39 is 6.65 Å². The van der Waals surface area contributed by atoms with E-state index in [2.05, 4.69) is 0 Å². The Labute approximate surface area is 90.1 Å². The minimum absolute atomic E-state index is 0.701. The summed E-state index contributed by atoms with van der Waals surface area (Å²) in [7, 11) is 0. The quantitative estimate of drug-likeness (QED) is 0.743. The average molecular weight is 232 g/mol. The van der Waals surface area contributed by atoms with E-state index in [1.165, 1.54) is 0 Å². The van der Waals surface area contributed by atoms with Gasteiger partial charge in [0.2, 0.25) is 0 Å². The van der Waals surface area contributed by atoms with E-state index in [0.29, 0.717) is 18.4 Å². The van der Waals surface area contributed by atoms with Crippen LogP contribution in [0.25, 0.3) is 0 Å². The Balaban J connectivity index is 3.01. The van der Waals surface area contributed by atoms with Crippen LogP contribution in [0.5, 0.6) is 0 Å². The highest BCUT2D eigenvalue weighted by Crippen LogP contribution is 2.53. The Bertz CT molecular complexity index is 324. The molecule has 0 aliphatic rings. The third-order valence-electron chi connectivity index (χ3n) is 2.17. The molecule has 1 rings (SSSR count). The number of hydrogen-bond donors (Lipinski definition) is 0. The highest BCUT2D eigenvalue weighted by Gasteiger charge is 2.27. The van der Waals surface area contributed by atoms with Crippen molar-refractivity contribution >= 4 is 23.2 Å². The molecule has 0 radical (unpaired) electrons. The molecule has 78 valence electrons. The molecule has 2 nitrogen and oxygen atoms in total.